The Kier molecular flexibility index (Phi) is 8.34. The molecule has 3 N–H and O–H groups in total. The van der Waals surface area contributed by atoms with Crippen LogP contribution < -0.4 is 20.5 Å². The number of benzene rings is 2. The van der Waals surface area contributed by atoms with Crippen LogP contribution in [0.3, 0.4) is 0 Å². The minimum Gasteiger partial charge on any atom is -0.490 e. The van der Waals surface area contributed by atoms with Crippen molar-refractivity contribution in [3.05, 3.63) is 53.6 Å². The zero-order valence-corrected chi connectivity index (χ0v) is 16.5. The van der Waals surface area contributed by atoms with E-state index in [2.05, 4.69) is 12.2 Å². The van der Waals surface area contributed by atoms with Crippen molar-refractivity contribution in [2.75, 3.05) is 18.5 Å². The van der Waals surface area contributed by atoms with Gasteiger partial charge in [-0.25, -0.2) is 0 Å². The van der Waals surface area contributed by atoms with Gasteiger partial charge >= 0.3 is 0 Å². The second-order valence-electron chi connectivity index (χ2n) is 6.41. The van der Waals surface area contributed by atoms with E-state index in [1.54, 1.807) is 24.3 Å². The van der Waals surface area contributed by atoms with Crippen molar-refractivity contribution in [1.82, 2.24) is 0 Å². The van der Waals surface area contributed by atoms with E-state index >= 15 is 0 Å². The van der Waals surface area contributed by atoms with Gasteiger partial charge in [0.15, 0.2) is 11.5 Å². The molecule has 0 unspecified atom stereocenters. The summed E-state index contributed by atoms with van der Waals surface area (Å²) in [6.45, 7) is 5.26. The van der Waals surface area contributed by atoms with Gasteiger partial charge in [-0.05, 0) is 61.7 Å². The Morgan fingerprint density at radius 1 is 1.00 bits per heavy atom. The zero-order valence-electron chi connectivity index (χ0n) is 16.5. The first-order valence-electron chi connectivity index (χ1n) is 9.61. The van der Waals surface area contributed by atoms with Crippen LogP contribution in [0.5, 0.6) is 11.5 Å². The molecule has 0 aromatic heterocycles. The average Bonchev–Trinajstić information content (AvgIpc) is 2.68. The van der Waals surface area contributed by atoms with Crippen molar-refractivity contribution < 1.29 is 19.1 Å². The molecule has 0 aliphatic rings. The quantitative estimate of drug-likeness (QED) is 0.574. The van der Waals surface area contributed by atoms with Crippen LogP contribution in [0.25, 0.3) is 0 Å². The lowest BCUT2D eigenvalue weighted by Crippen LogP contribution is -2.13. The van der Waals surface area contributed by atoms with Gasteiger partial charge in [0.1, 0.15) is 0 Å². The topological polar surface area (TPSA) is 90.6 Å². The first-order valence-corrected chi connectivity index (χ1v) is 9.61. The Balaban J connectivity index is 1.92. The van der Waals surface area contributed by atoms with Crippen molar-refractivity contribution >= 4 is 17.5 Å². The van der Waals surface area contributed by atoms with Crippen LogP contribution in [0, 0.1) is 0 Å². The summed E-state index contributed by atoms with van der Waals surface area (Å²) >= 11 is 0. The SMILES string of the molecule is CCCCOc1ccc(CCC(=O)Nc2ccc(C(N)=O)cc2)cc1OCC. The smallest absolute Gasteiger partial charge is 0.248 e. The average molecular weight is 384 g/mol. The summed E-state index contributed by atoms with van der Waals surface area (Å²) in [7, 11) is 0. The third-order valence-electron chi connectivity index (χ3n) is 4.16. The molecule has 0 fully saturated rings. The van der Waals surface area contributed by atoms with Crippen LogP contribution in [0.2, 0.25) is 0 Å². The summed E-state index contributed by atoms with van der Waals surface area (Å²) in [5, 5.41) is 2.82. The molecule has 28 heavy (non-hydrogen) atoms. The number of carbonyl (C=O) groups is 2. The molecule has 0 saturated heterocycles. The molecule has 0 saturated carbocycles. The van der Waals surface area contributed by atoms with Crippen molar-refractivity contribution in [2.45, 2.75) is 39.5 Å². The maximum Gasteiger partial charge on any atom is 0.248 e. The van der Waals surface area contributed by atoms with Gasteiger partial charge in [-0.1, -0.05) is 19.4 Å². The van der Waals surface area contributed by atoms with Crippen molar-refractivity contribution in [3.8, 4) is 11.5 Å². The lowest BCUT2D eigenvalue weighted by Gasteiger charge is -2.13. The second-order valence-corrected chi connectivity index (χ2v) is 6.41. The van der Waals surface area contributed by atoms with Crippen LogP contribution in [-0.4, -0.2) is 25.0 Å². The molecule has 0 radical (unpaired) electrons. The summed E-state index contributed by atoms with van der Waals surface area (Å²) in [6, 6.07) is 12.3. The van der Waals surface area contributed by atoms with E-state index in [1.165, 1.54) is 0 Å². The first kappa shape index (κ1) is 21.3. The Morgan fingerprint density at radius 3 is 2.39 bits per heavy atom. The number of anilines is 1. The summed E-state index contributed by atoms with van der Waals surface area (Å²) in [5.41, 5.74) is 7.25. The van der Waals surface area contributed by atoms with Gasteiger partial charge in [0, 0.05) is 17.7 Å². The van der Waals surface area contributed by atoms with Crippen LogP contribution in [0.1, 0.15) is 49.0 Å². The Bertz CT molecular complexity index is 788. The third-order valence-corrected chi connectivity index (χ3v) is 4.16. The maximum atomic E-state index is 12.2. The third kappa shape index (κ3) is 6.61. The van der Waals surface area contributed by atoms with E-state index in [0.717, 1.165) is 24.2 Å². The van der Waals surface area contributed by atoms with Crippen LogP contribution >= 0.6 is 0 Å². The largest absolute Gasteiger partial charge is 0.490 e. The highest BCUT2D eigenvalue weighted by Gasteiger charge is 2.09. The number of hydrogen-bond acceptors (Lipinski definition) is 4. The zero-order chi connectivity index (χ0) is 20.4. The standard InChI is InChI=1S/C22H28N2O4/c1-3-5-14-28-19-12-6-16(15-20(19)27-4-2)7-13-21(25)24-18-10-8-17(9-11-18)22(23)26/h6,8-12,15H,3-5,7,13-14H2,1-2H3,(H2,23,26)(H,24,25). The van der Waals surface area contributed by atoms with Gasteiger partial charge in [-0.15, -0.1) is 0 Å². The lowest BCUT2D eigenvalue weighted by molar-refractivity contribution is -0.116. The number of ether oxygens (including phenoxy) is 2. The minimum atomic E-state index is -0.495. The number of carbonyl (C=O) groups excluding carboxylic acids is 2. The van der Waals surface area contributed by atoms with Gasteiger partial charge in [-0.2, -0.15) is 0 Å². The molecule has 6 heteroatoms. The fourth-order valence-electron chi connectivity index (χ4n) is 2.62. The number of nitrogens with one attached hydrogen (secondary N) is 1. The van der Waals surface area contributed by atoms with Crippen molar-refractivity contribution in [3.63, 3.8) is 0 Å². The molecule has 0 heterocycles. The molecule has 150 valence electrons. The van der Waals surface area contributed by atoms with Gasteiger partial charge in [0.05, 0.1) is 13.2 Å². The molecular formula is C22H28N2O4. The van der Waals surface area contributed by atoms with Crippen molar-refractivity contribution in [1.29, 1.82) is 0 Å². The van der Waals surface area contributed by atoms with E-state index in [-0.39, 0.29) is 5.91 Å². The highest BCUT2D eigenvalue weighted by molar-refractivity contribution is 5.94. The highest BCUT2D eigenvalue weighted by atomic mass is 16.5. The second kappa shape index (κ2) is 11.0. The highest BCUT2D eigenvalue weighted by Crippen LogP contribution is 2.29. The van der Waals surface area contributed by atoms with E-state index in [1.807, 2.05) is 25.1 Å². The van der Waals surface area contributed by atoms with Gasteiger partial charge in [-0.3, -0.25) is 9.59 Å². The maximum absolute atomic E-state index is 12.2. The van der Waals surface area contributed by atoms with Crippen LogP contribution in [-0.2, 0) is 11.2 Å². The van der Waals surface area contributed by atoms with Gasteiger partial charge < -0.3 is 20.5 Å². The molecule has 0 bridgehead atoms. The summed E-state index contributed by atoms with van der Waals surface area (Å²) < 4.78 is 11.5. The molecule has 0 aliphatic heterocycles. The minimum absolute atomic E-state index is 0.104. The number of hydrogen-bond donors (Lipinski definition) is 2. The molecule has 0 spiro atoms. The number of nitrogens with two attached hydrogens (primary N) is 1. The van der Waals surface area contributed by atoms with Crippen molar-refractivity contribution in [2.24, 2.45) is 5.73 Å². The predicted molar refractivity (Wildman–Crippen MR) is 110 cm³/mol. The molecule has 0 atom stereocenters. The molecule has 6 nitrogen and oxygen atoms in total. The fraction of sp³-hybridized carbons (Fsp3) is 0.364. The van der Waals surface area contributed by atoms with E-state index in [0.29, 0.717) is 43.1 Å². The molecule has 2 aromatic rings. The first-order chi connectivity index (χ1) is 13.5. The monoisotopic (exact) mass is 384 g/mol. The molecule has 0 aliphatic carbocycles. The Hall–Kier alpha value is -3.02. The van der Waals surface area contributed by atoms with Gasteiger partial charge in [0.25, 0.3) is 0 Å². The lowest BCUT2D eigenvalue weighted by atomic mass is 10.1. The van der Waals surface area contributed by atoms with E-state index < -0.39 is 5.91 Å². The summed E-state index contributed by atoms with van der Waals surface area (Å²) in [4.78, 5) is 23.3. The molecule has 2 amide bonds. The predicted octanol–water partition coefficient (Wildman–Crippen LogP) is 3.93. The molecule has 2 aromatic carbocycles. The van der Waals surface area contributed by atoms with E-state index in [4.69, 9.17) is 15.2 Å². The van der Waals surface area contributed by atoms with Crippen LogP contribution in [0.4, 0.5) is 5.69 Å². The fourth-order valence-corrected chi connectivity index (χ4v) is 2.62. The van der Waals surface area contributed by atoms with Crippen LogP contribution in [0.15, 0.2) is 42.5 Å². The Labute approximate surface area is 166 Å². The van der Waals surface area contributed by atoms with E-state index in [9.17, 15) is 9.59 Å². The normalized spacial score (nSPS) is 10.4. The molecular weight excluding hydrogens is 356 g/mol. The Morgan fingerprint density at radius 2 is 1.75 bits per heavy atom. The number of aryl methyl sites for hydroxylation is 1. The van der Waals surface area contributed by atoms with Gasteiger partial charge in [0.2, 0.25) is 11.8 Å². The number of primary amides is 1. The summed E-state index contributed by atoms with van der Waals surface area (Å²) in [6.07, 6.45) is 2.98. The summed E-state index contributed by atoms with van der Waals surface area (Å²) in [5.74, 6) is 0.842. The number of rotatable bonds is 11. The molecule has 2 rings (SSSR count). The number of unbranched alkanes of at least 4 members (excludes halogenated alkanes) is 1. The number of amides is 2.